The Labute approximate surface area is 181 Å². The third kappa shape index (κ3) is 6.23. The Morgan fingerprint density at radius 2 is 1.60 bits per heavy atom. The summed E-state index contributed by atoms with van der Waals surface area (Å²) in [4.78, 5) is 17.1. The predicted octanol–water partition coefficient (Wildman–Crippen LogP) is 3.89. The van der Waals surface area contributed by atoms with Crippen LogP contribution in [0.1, 0.15) is 37.9 Å². The summed E-state index contributed by atoms with van der Waals surface area (Å²) < 4.78 is 5.23. The molecule has 0 unspecified atom stereocenters. The highest BCUT2D eigenvalue weighted by molar-refractivity contribution is 5.78. The maximum atomic E-state index is 12.5. The van der Waals surface area contributed by atoms with Gasteiger partial charge in [0.05, 0.1) is 19.7 Å². The Morgan fingerprint density at radius 1 is 0.967 bits per heavy atom. The number of carbonyl (C=O) groups is 1. The van der Waals surface area contributed by atoms with Gasteiger partial charge in [0, 0.05) is 31.9 Å². The zero-order valence-corrected chi connectivity index (χ0v) is 18.7. The van der Waals surface area contributed by atoms with E-state index in [9.17, 15) is 4.79 Å². The topological polar surface area (TPSA) is 44.8 Å². The van der Waals surface area contributed by atoms with E-state index < -0.39 is 0 Å². The predicted molar refractivity (Wildman–Crippen MR) is 123 cm³/mol. The van der Waals surface area contributed by atoms with Gasteiger partial charge in [-0.3, -0.25) is 9.69 Å². The number of nitrogens with zero attached hydrogens (tertiary/aromatic N) is 2. The molecule has 0 spiro atoms. The van der Waals surface area contributed by atoms with E-state index in [0.717, 1.165) is 43.9 Å². The molecule has 0 radical (unpaired) electrons. The van der Waals surface area contributed by atoms with Crippen LogP contribution in [0.25, 0.3) is 0 Å². The van der Waals surface area contributed by atoms with Gasteiger partial charge in [-0.1, -0.05) is 38.1 Å². The van der Waals surface area contributed by atoms with E-state index in [2.05, 4.69) is 72.3 Å². The van der Waals surface area contributed by atoms with E-state index in [1.807, 2.05) is 12.1 Å². The first-order chi connectivity index (χ1) is 14.4. The van der Waals surface area contributed by atoms with Gasteiger partial charge in [-0.2, -0.15) is 0 Å². The summed E-state index contributed by atoms with van der Waals surface area (Å²) in [5.74, 6) is 1.61. The van der Waals surface area contributed by atoms with Crippen molar-refractivity contribution >= 4 is 11.6 Å². The van der Waals surface area contributed by atoms with E-state index in [4.69, 9.17) is 4.74 Å². The van der Waals surface area contributed by atoms with Crippen LogP contribution in [0, 0.1) is 5.92 Å². The van der Waals surface area contributed by atoms with Gasteiger partial charge in [-0.05, 0) is 54.7 Å². The number of rotatable bonds is 8. The molecule has 162 valence electrons. The van der Waals surface area contributed by atoms with Crippen LogP contribution in [0.5, 0.6) is 5.75 Å². The van der Waals surface area contributed by atoms with Crippen LogP contribution in [-0.2, 0) is 11.2 Å². The lowest BCUT2D eigenvalue weighted by Crippen LogP contribution is -2.49. The molecule has 1 N–H and O–H groups in total. The van der Waals surface area contributed by atoms with Crippen molar-refractivity contribution in [2.45, 2.75) is 33.2 Å². The van der Waals surface area contributed by atoms with Crippen LogP contribution in [0.4, 0.5) is 5.69 Å². The van der Waals surface area contributed by atoms with Crippen molar-refractivity contribution in [2.24, 2.45) is 5.92 Å². The summed E-state index contributed by atoms with van der Waals surface area (Å²) in [6, 6.07) is 16.8. The Balaban J connectivity index is 1.44. The molecule has 2 aromatic rings. The zero-order chi connectivity index (χ0) is 21.5. The minimum Gasteiger partial charge on any atom is -0.497 e. The minimum absolute atomic E-state index is 0.0196. The number of hydrogen-bond acceptors (Lipinski definition) is 4. The summed E-state index contributed by atoms with van der Waals surface area (Å²) in [5.41, 5.74) is 3.71. The second kappa shape index (κ2) is 10.5. The van der Waals surface area contributed by atoms with Crippen molar-refractivity contribution in [3.8, 4) is 5.75 Å². The van der Waals surface area contributed by atoms with E-state index in [1.54, 1.807) is 7.11 Å². The lowest BCUT2D eigenvalue weighted by Gasteiger charge is -2.36. The number of benzene rings is 2. The molecule has 1 aliphatic rings. The first-order valence-electron chi connectivity index (χ1n) is 10.9. The Morgan fingerprint density at radius 3 is 2.17 bits per heavy atom. The summed E-state index contributed by atoms with van der Waals surface area (Å²) in [5, 5.41) is 3.15. The van der Waals surface area contributed by atoms with Crippen LogP contribution in [0.3, 0.4) is 0 Å². The first kappa shape index (κ1) is 22.2. The SMILES string of the molecule is COc1ccc(N2CCN(CC(=O)N[C@H](C)c3ccc(CC(C)C)cc3)CC2)cc1. The average Bonchev–Trinajstić information content (AvgIpc) is 2.74. The quantitative estimate of drug-likeness (QED) is 0.718. The van der Waals surface area contributed by atoms with E-state index in [0.29, 0.717) is 12.5 Å². The van der Waals surface area contributed by atoms with Gasteiger partial charge in [0.15, 0.2) is 0 Å². The molecule has 5 heteroatoms. The molecule has 0 saturated carbocycles. The van der Waals surface area contributed by atoms with E-state index in [1.165, 1.54) is 11.3 Å². The fraction of sp³-hybridized carbons (Fsp3) is 0.480. The molecule has 1 amide bonds. The Bertz CT molecular complexity index is 794. The van der Waals surface area contributed by atoms with Crippen LogP contribution in [-0.4, -0.2) is 50.6 Å². The van der Waals surface area contributed by atoms with Crippen molar-refractivity contribution in [2.75, 3.05) is 44.7 Å². The number of amides is 1. The maximum absolute atomic E-state index is 12.5. The molecular weight excluding hydrogens is 374 g/mol. The van der Waals surface area contributed by atoms with Crippen molar-refractivity contribution < 1.29 is 9.53 Å². The van der Waals surface area contributed by atoms with Crippen LogP contribution in [0.15, 0.2) is 48.5 Å². The van der Waals surface area contributed by atoms with Gasteiger partial charge in [0.2, 0.25) is 5.91 Å². The van der Waals surface area contributed by atoms with Crippen LogP contribution >= 0.6 is 0 Å². The van der Waals surface area contributed by atoms with Gasteiger partial charge in [0.25, 0.3) is 0 Å². The number of hydrogen-bond donors (Lipinski definition) is 1. The lowest BCUT2D eigenvalue weighted by molar-refractivity contribution is -0.123. The maximum Gasteiger partial charge on any atom is 0.234 e. The summed E-state index contributed by atoms with van der Waals surface area (Å²) in [6.07, 6.45) is 1.09. The van der Waals surface area contributed by atoms with Gasteiger partial charge < -0.3 is 15.0 Å². The normalized spacial score (nSPS) is 15.8. The Hall–Kier alpha value is -2.53. The number of piperazine rings is 1. The minimum atomic E-state index is 0.0196. The van der Waals surface area contributed by atoms with E-state index in [-0.39, 0.29) is 11.9 Å². The van der Waals surface area contributed by atoms with Gasteiger partial charge >= 0.3 is 0 Å². The summed E-state index contributed by atoms with van der Waals surface area (Å²) >= 11 is 0. The molecule has 2 aromatic carbocycles. The molecule has 1 saturated heterocycles. The lowest BCUT2D eigenvalue weighted by atomic mass is 10.00. The molecular formula is C25H35N3O2. The fourth-order valence-corrected chi connectivity index (χ4v) is 3.94. The van der Waals surface area contributed by atoms with Crippen molar-refractivity contribution in [3.05, 3.63) is 59.7 Å². The highest BCUT2D eigenvalue weighted by Crippen LogP contribution is 2.20. The standard InChI is InChI=1S/C25H35N3O2/c1-19(2)17-21-5-7-22(8-6-21)20(3)26-25(29)18-27-13-15-28(16-14-27)23-9-11-24(30-4)12-10-23/h5-12,19-20H,13-18H2,1-4H3,(H,26,29)/t20-/m1/s1. The molecule has 5 nitrogen and oxygen atoms in total. The number of anilines is 1. The smallest absolute Gasteiger partial charge is 0.234 e. The summed E-state index contributed by atoms with van der Waals surface area (Å²) in [6.45, 7) is 10.6. The van der Waals surface area contributed by atoms with Crippen molar-refractivity contribution in [1.29, 1.82) is 0 Å². The zero-order valence-electron chi connectivity index (χ0n) is 18.7. The largest absolute Gasteiger partial charge is 0.497 e. The molecule has 1 aliphatic heterocycles. The molecule has 0 bridgehead atoms. The molecule has 1 fully saturated rings. The number of carbonyl (C=O) groups excluding carboxylic acids is 1. The second-order valence-electron chi connectivity index (χ2n) is 8.59. The van der Waals surface area contributed by atoms with Gasteiger partial charge in [-0.15, -0.1) is 0 Å². The second-order valence-corrected chi connectivity index (χ2v) is 8.59. The molecule has 1 atom stereocenters. The van der Waals surface area contributed by atoms with Gasteiger partial charge in [-0.25, -0.2) is 0 Å². The summed E-state index contributed by atoms with van der Waals surface area (Å²) in [7, 11) is 1.68. The van der Waals surface area contributed by atoms with Gasteiger partial charge in [0.1, 0.15) is 5.75 Å². The molecule has 0 aromatic heterocycles. The van der Waals surface area contributed by atoms with Crippen molar-refractivity contribution in [3.63, 3.8) is 0 Å². The highest BCUT2D eigenvalue weighted by Gasteiger charge is 2.20. The van der Waals surface area contributed by atoms with Crippen LogP contribution < -0.4 is 15.0 Å². The number of ether oxygens (including phenoxy) is 1. The van der Waals surface area contributed by atoms with Crippen LogP contribution in [0.2, 0.25) is 0 Å². The van der Waals surface area contributed by atoms with Crippen molar-refractivity contribution in [1.82, 2.24) is 10.2 Å². The Kier molecular flexibility index (Phi) is 7.75. The fourth-order valence-electron chi connectivity index (χ4n) is 3.94. The molecule has 1 heterocycles. The highest BCUT2D eigenvalue weighted by atomic mass is 16.5. The molecule has 3 rings (SSSR count). The monoisotopic (exact) mass is 409 g/mol. The third-order valence-electron chi connectivity index (χ3n) is 5.68. The third-order valence-corrected chi connectivity index (χ3v) is 5.68. The molecule has 0 aliphatic carbocycles. The first-order valence-corrected chi connectivity index (χ1v) is 10.9. The number of nitrogens with one attached hydrogen (secondary N) is 1. The van der Waals surface area contributed by atoms with E-state index >= 15 is 0 Å². The number of methoxy groups -OCH3 is 1. The average molecular weight is 410 g/mol. The molecule has 30 heavy (non-hydrogen) atoms.